The SMILES string of the molecule is CCOC(=O)CN1CCNCC1C. The van der Waals surface area contributed by atoms with E-state index in [0.29, 0.717) is 19.2 Å². The summed E-state index contributed by atoms with van der Waals surface area (Å²) >= 11 is 0. The van der Waals surface area contributed by atoms with E-state index in [1.807, 2.05) is 6.92 Å². The van der Waals surface area contributed by atoms with Crippen LogP contribution in [0, 0.1) is 0 Å². The minimum Gasteiger partial charge on any atom is -0.465 e. The second-order valence-corrected chi connectivity index (χ2v) is 3.33. The molecule has 1 aliphatic rings. The van der Waals surface area contributed by atoms with Crippen LogP contribution >= 0.6 is 0 Å². The van der Waals surface area contributed by atoms with Crippen LogP contribution in [0.2, 0.25) is 0 Å². The Balaban J connectivity index is 2.29. The Hall–Kier alpha value is -0.610. The maximum Gasteiger partial charge on any atom is 0.320 e. The second kappa shape index (κ2) is 5.19. The van der Waals surface area contributed by atoms with Gasteiger partial charge in [0.2, 0.25) is 0 Å². The molecule has 0 saturated carbocycles. The molecule has 1 rings (SSSR count). The third-order valence-electron chi connectivity index (χ3n) is 2.28. The molecule has 1 heterocycles. The first-order valence-corrected chi connectivity index (χ1v) is 4.84. The highest BCUT2D eigenvalue weighted by atomic mass is 16.5. The summed E-state index contributed by atoms with van der Waals surface area (Å²) in [6.45, 7) is 7.70. The summed E-state index contributed by atoms with van der Waals surface area (Å²) in [5.74, 6) is -0.115. The highest BCUT2D eigenvalue weighted by Gasteiger charge is 2.20. The molecule has 1 unspecified atom stereocenters. The van der Waals surface area contributed by atoms with Gasteiger partial charge in [-0.15, -0.1) is 0 Å². The number of piperazine rings is 1. The predicted octanol–water partition coefficient (Wildman–Crippen LogP) is -0.157. The van der Waals surface area contributed by atoms with Crippen LogP contribution < -0.4 is 5.32 Å². The molecule has 0 amide bonds. The van der Waals surface area contributed by atoms with E-state index >= 15 is 0 Å². The van der Waals surface area contributed by atoms with Crippen LogP contribution in [-0.2, 0) is 9.53 Å². The van der Waals surface area contributed by atoms with Crippen LogP contribution in [-0.4, -0.2) is 49.7 Å². The minimum absolute atomic E-state index is 0.115. The summed E-state index contributed by atoms with van der Waals surface area (Å²) in [7, 11) is 0. The maximum atomic E-state index is 11.2. The third kappa shape index (κ3) is 3.32. The van der Waals surface area contributed by atoms with Crippen molar-refractivity contribution in [3.8, 4) is 0 Å². The average Bonchev–Trinajstić information content (AvgIpc) is 2.09. The van der Waals surface area contributed by atoms with Gasteiger partial charge < -0.3 is 10.1 Å². The van der Waals surface area contributed by atoms with Gasteiger partial charge in [-0.25, -0.2) is 0 Å². The summed E-state index contributed by atoms with van der Waals surface area (Å²) in [5, 5.41) is 3.28. The van der Waals surface area contributed by atoms with Crippen LogP contribution in [0.1, 0.15) is 13.8 Å². The highest BCUT2D eigenvalue weighted by Crippen LogP contribution is 2.01. The molecule has 1 atom stereocenters. The van der Waals surface area contributed by atoms with Crippen molar-refractivity contribution in [2.24, 2.45) is 0 Å². The number of nitrogens with one attached hydrogen (secondary N) is 1. The molecule has 4 heteroatoms. The van der Waals surface area contributed by atoms with Crippen LogP contribution in [0.3, 0.4) is 0 Å². The molecular formula is C9H18N2O2. The van der Waals surface area contributed by atoms with Crippen molar-refractivity contribution in [1.29, 1.82) is 0 Å². The largest absolute Gasteiger partial charge is 0.465 e. The van der Waals surface area contributed by atoms with E-state index in [1.165, 1.54) is 0 Å². The second-order valence-electron chi connectivity index (χ2n) is 3.33. The average molecular weight is 186 g/mol. The first-order valence-electron chi connectivity index (χ1n) is 4.84. The summed E-state index contributed by atoms with van der Waals surface area (Å²) in [6.07, 6.45) is 0. The van der Waals surface area contributed by atoms with Crippen molar-refractivity contribution in [1.82, 2.24) is 10.2 Å². The Labute approximate surface area is 79.2 Å². The van der Waals surface area contributed by atoms with Gasteiger partial charge in [0.15, 0.2) is 0 Å². The molecule has 4 nitrogen and oxygen atoms in total. The minimum atomic E-state index is -0.115. The van der Waals surface area contributed by atoms with E-state index in [4.69, 9.17) is 4.74 Å². The lowest BCUT2D eigenvalue weighted by molar-refractivity contribution is -0.145. The zero-order chi connectivity index (χ0) is 9.68. The molecule has 76 valence electrons. The van der Waals surface area contributed by atoms with Crippen molar-refractivity contribution in [3.63, 3.8) is 0 Å². The molecule has 0 radical (unpaired) electrons. The Morgan fingerprint density at radius 3 is 3.08 bits per heavy atom. The van der Waals surface area contributed by atoms with E-state index in [-0.39, 0.29) is 5.97 Å². The number of rotatable bonds is 3. The number of ether oxygens (including phenoxy) is 1. The number of esters is 1. The van der Waals surface area contributed by atoms with Crippen LogP contribution in [0.25, 0.3) is 0 Å². The van der Waals surface area contributed by atoms with Crippen molar-refractivity contribution < 1.29 is 9.53 Å². The number of carbonyl (C=O) groups is 1. The van der Waals surface area contributed by atoms with Crippen LogP contribution in [0.15, 0.2) is 0 Å². The lowest BCUT2D eigenvalue weighted by Gasteiger charge is -2.32. The van der Waals surface area contributed by atoms with Crippen molar-refractivity contribution in [2.45, 2.75) is 19.9 Å². The Morgan fingerprint density at radius 2 is 2.46 bits per heavy atom. The molecule has 0 aromatic rings. The quantitative estimate of drug-likeness (QED) is 0.622. The molecule has 1 fully saturated rings. The van der Waals surface area contributed by atoms with E-state index in [0.717, 1.165) is 19.6 Å². The number of hydrogen-bond donors (Lipinski definition) is 1. The number of carbonyl (C=O) groups excluding carboxylic acids is 1. The van der Waals surface area contributed by atoms with Gasteiger partial charge in [0.05, 0.1) is 13.2 Å². The van der Waals surface area contributed by atoms with Gasteiger partial charge >= 0.3 is 5.97 Å². The maximum absolute atomic E-state index is 11.2. The van der Waals surface area contributed by atoms with Gasteiger partial charge in [-0.1, -0.05) is 0 Å². The Kier molecular flexibility index (Phi) is 4.18. The fourth-order valence-electron chi connectivity index (χ4n) is 1.49. The molecular weight excluding hydrogens is 168 g/mol. The first kappa shape index (κ1) is 10.5. The molecule has 0 spiro atoms. The lowest BCUT2D eigenvalue weighted by atomic mass is 10.2. The van der Waals surface area contributed by atoms with E-state index < -0.39 is 0 Å². The monoisotopic (exact) mass is 186 g/mol. The van der Waals surface area contributed by atoms with Gasteiger partial charge in [0.25, 0.3) is 0 Å². The highest BCUT2D eigenvalue weighted by molar-refractivity contribution is 5.71. The first-order chi connectivity index (χ1) is 6.24. The van der Waals surface area contributed by atoms with Crippen LogP contribution in [0.4, 0.5) is 0 Å². The smallest absolute Gasteiger partial charge is 0.320 e. The van der Waals surface area contributed by atoms with Crippen molar-refractivity contribution in [2.75, 3.05) is 32.8 Å². The van der Waals surface area contributed by atoms with Gasteiger partial charge in [0.1, 0.15) is 0 Å². The number of hydrogen-bond acceptors (Lipinski definition) is 4. The van der Waals surface area contributed by atoms with Gasteiger partial charge in [0, 0.05) is 25.7 Å². The topological polar surface area (TPSA) is 41.6 Å². The zero-order valence-corrected chi connectivity index (χ0v) is 8.38. The molecule has 0 bridgehead atoms. The van der Waals surface area contributed by atoms with E-state index in [1.54, 1.807) is 0 Å². The van der Waals surface area contributed by atoms with E-state index in [2.05, 4.69) is 17.1 Å². The van der Waals surface area contributed by atoms with Crippen LogP contribution in [0.5, 0.6) is 0 Å². The summed E-state index contributed by atoms with van der Waals surface area (Å²) in [4.78, 5) is 13.3. The van der Waals surface area contributed by atoms with E-state index in [9.17, 15) is 4.79 Å². The summed E-state index contributed by atoms with van der Waals surface area (Å²) in [5.41, 5.74) is 0. The predicted molar refractivity (Wildman–Crippen MR) is 50.5 cm³/mol. The molecule has 0 aromatic carbocycles. The van der Waals surface area contributed by atoms with Crippen molar-refractivity contribution >= 4 is 5.97 Å². The summed E-state index contributed by atoms with van der Waals surface area (Å²) in [6, 6.07) is 0.429. The third-order valence-corrected chi connectivity index (χ3v) is 2.28. The summed E-state index contributed by atoms with van der Waals surface area (Å²) < 4.78 is 4.89. The van der Waals surface area contributed by atoms with Gasteiger partial charge in [-0.3, -0.25) is 9.69 Å². The fraction of sp³-hybridized carbons (Fsp3) is 0.889. The van der Waals surface area contributed by atoms with Gasteiger partial charge in [-0.2, -0.15) is 0 Å². The molecule has 1 saturated heterocycles. The molecule has 0 aliphatic carbocycles. The van der Waals surface area contributed by atoms with Crippen molar-refractivity contribution in [3.05, 3.63) is 0 Å². The fourth-order valence-corrected chi connectivity index (χ4v) is 1.49. The standard InChI is InChI=1S/C9H18N2O2/c1-3-13-9(12)7-11-5-4-10-6-8(11)2/h8,10H,3-7H2,1-2H3. The Bertz CT molecular complexity index is 173. The molecule has 1 N–H and O–H groups in total. The normalized spacial score (nSPS) is 24.3. The zero-order valence-electron chi connectivity index (χ0n) is 8.38. The molecule has 1 aliphatic heterocycles. The van der Waals surface area contributed by atoms with Gasteiger partial charge in [-0.05, 0) is 13.8 Å². The Morgan fingerprint density at radius 1 is 1.69 bits per heavy atom. The molecule has 13 heavy (non-hydrogen) atoms. The lowest BCUT2D eigenvalue weighted by Crippen LogP contribution is -2.51. The molecule has 0 aromatic heterocycles. The number of nitrogens with zero attached hydrogens (tertiary/aromatic N) is 1.